The van der Waals surface area contributed by atoms with Gasteiger partial charge in [-0.15, -0.1) is 0 Å². The minimum absolute atomic E-state index is 0.0220. The molecule has 0 saturated heterocycles. The van der Waals surface area contributed by atoms with Crippen molar-refractivity contribution < 1.29 is 27.5 Å². The summed E-state index contributed by atoms with van der Waals surface area (Å²) in [6, 6.07) is 10.1. The number of hydrogen-bond donors (Lipinski definition) is 1. The summed E-state index contributed by atoms with van der Waals surface area (Å²) >= 11 is 0. The van der Waals surface area contributed by atoms with Crippen molar-refractivity contribution in [3.8, 4) is 11.5 Å². The highest BCUT2D eigenvalue weighted by Crippen LogP contribution is 2.29. The predicted octanol–water partition coefficient (Wildman–Crippen LogP) is 2.12. The molecule has 1 amide bonds. The number of sulfonamides is 1. The molecule has 0 heterocycles. The first kappa shape index (κ1) is 20.4. The van der Waals surface area contributed by atoms with Crippen LogP contribution in [0.4, 0.5) is 5.69 Å². The van der Waals surface area contributed by atoms with Crippen LogP contribution in [0.15, 0.2) is 47.4 Å². The van der Waals surface area contributed by atoms with Gasteiger partial charge in [-0.3, -0.25) is 9.59 Å². The summed E-state index contributed by atoms with van der Waals surface area (Å²) in [6.45, 7) is 1.28. The summed E-state index contributed by atoms with van der Waals surface area (Å²) in [6.07, 6.45) is 0. The molecule has 2 rings (SSSR count). The zero-order valence-electron chi connectivity index (χ0n) is 15.3. The largest absolute Gasteiger partial charge is 0.495 e. The third-order valence-corrected chi connectivity index (χ3v) is 5.39. The van der Waals surface area contributed by atoms with Crippen molar-refractivity contribution in [3.05, 3.63) is 48.0 Å². The quantitative estimate of drug-likeness (QED) is 0.597. The van der Waals surface area contributed by atoms with Crippen molar-refractivity contribution in [2.45, 2.75) is 11.8 Å². The first-order valence-electron chi connectivity index (χ1n) is 7.85. The number of anilines is 1. The number of nitrogens with one attached hydrogen (secondary N) is 1. The molecule has 9 heteroatoms. The lowest BCUT2D eigenvalue weighted by Crippen LogP contribution is -2.22. The van der Waals surface area contributed by atoms with E-state index in [4.69, 9.17) is 9.47 Å². The Morgan fingerprint density at radius 1 is 1.04 bits per heavy atom. The summed E-state index contributed by atoms with van der Waals surface area (Å²) < 4.78 is 35.8. The van der Waals surface area contributed by atoms with E-state index in [1.165, 1.54) is 70.6 Å². The molecular weight excluding hydrogens is 372 g/mol. The minimum atomic E-state index is -3.66. The van der Waals surface area contributed by atoms with Gasteiger partial charge < -0.3 is 14.8 Å². The predicted molar refractivity (Wildman–Crippen MR) is 99.6 cm³/mol. The normalized spacial score (nSPS) is 11.1. The molecule has 0 aromatic heterocycles. The first-order valence-corrected chi connectivity index (χ1v) is 9.29. The average molecular weight is 392 g/mol. The standard InChI is InChI=1S/C18H20N2O6S/c1-12(21)26-14-7-5-13(6-8-14)18(22)19-16-11-15(9-10-17(16)25-4)27(23,24)20(2)3/h5-11H,1-4H3,(H,19,22). The van der Waals surface area contributed by atoms with E-state index in [1.54, 1.807) is 0 Å². The number of rotatable bonds is 6. The minimum Gasteiger partial charge on any atom is -0.495 e. The second-order valence-corrected chi connectivity index (χ2v) is 7.87. The number of amides is 1. The van der Waals surface area contributed by atoms with Crippen molar-refractivity contribution in [1.82, 2.24) is 4.31 Å². The number of ether oxygens (including phenoxy) is 2. The van der Waals surface area contributed by atoms with Gasteiger partial charge in [-0.1, -0.05) is 0 Å². The molecule has 144 valence electrons. The topological polar surface area (TPSA) is 102 Å². The number of esters is 1. The van der Waals surface area contributed by atoms with Crippen LogP contribution in [-0.4, -0.2) is 45.8 Å². The molecule has 8 nitrogen and oxygen atoms in total. The van der Waals surface area contributed by atoms with Gasteiger partial charge in [-0.2, -0.15) is 0 Å². The van der Waals surface area contributed by atoms with Crippen LogP contribution in [-0.2, 0) is 14.8 Å². The van der Waals surface area contributed by atoms with Crippen LogP contribution in [0.2, 0.25) is 0 Å². The van der Waals surface area contributed by atoms with Crippen LogP contribution in [0.1, 0.15) is 17.3 Å². The fourth-order valence-electron chi connectivity index (χ4n) is 2.19. The Morgan fingerprint density at radius 3 is 2.19 bits per heavy atom. The van der Waals surface area contributed by atoms with Gasteiger partial charge in [0.05, 0.1) is 17.7 Å². The molecule has 27 heavy (non-hydrogen) atoms. The molecule has 0 unspecified atom stereocenters. The molecule has 2 aromatic rings. The Hall–Kier alpha value is -2.91. The van der Waals surface area contributed by atoms with Gasteiger partial charge in [0, 0.05) is 26.6 Å². The van der Waals surface area contributed by atoms with E-state index in [0.717, 1.165) is 4.31 Å². The summed E-state index contributed by atoms with van der Waals surface area (Å²) in [5.41, 5.74) is 0.517. The van der Waals surface area contributed by atoms with Crippen LogP contribution in [0.5, 0.6) is 11.5 Å². The molecule has 0 fully saturated rings. The van der Waals surface area contributed by atoms with E-state index < -0.39 is 21.9 Å². The van der Waals surface area contributed by atoms with Crippen molar-refractivity contribution in [1.29, 1.82) is 0 Å². The monoisotopic (exact) mass is 392 g/mol. The van der Waals surface area contributed by atoms with Gasteiger partial charge in [0.25, 0.3) is 5.91 Å². The van der Waals surface area contributed by atoms with Crippen molar-refractivity contribution in [3.63, 3.8) is 0 Å². The number of benzene rings is 2. The maximum Gasteiger partial charge on any atom is 0.308 e. The Morgan fingerprint density at radius 2 is 1.67 bits per heavy atom. The van der Waals surface area contributed by atoms with Crippen LogP contribution >= 0.6 is 0 Å². The molecule has 0 saturated carbocycles. The molecule has 0 aliphatic heterocycles. The van der Waals surface area contributed by atoms with Gasteiger partial charge in [0.15, 0.2) is 0 Å². The Balaban J connectivity index is 2.30. The molecule has 0 spiro atoms. The fourth-order valence-corrected chi connectivity index (χ4v) is 3.12. The van der Waals surface area contributed by atoms with E-state index in [-0.39, 0.29) is 10.6 Å². The summed E-state index contributed by atoms with van der Waals surface area (Å²) in [5, 5.41) is 2.63. The maximum absolute atomic E-state index is 12.5. The highest BCUT2D eigenvalue weighted by molar-refractivity contribution is 7.89. The highest BCUT2D eigenvalue weighted by atomic mass is 32.2. The summed E-state index contributed by atoms with van der Waals surface area (Å²) in [4.78, 5) is 23.4. The fraction of sp³-hybridized carbons (Fsp3) is 0.222. The molecule has 1 N–H and O–H groups in total. The smallest absolute Gasteiger partial charge is 0.308 e. The Labute approximate surface area is 157 Å². The lowest BCUT2D eigenvalue weighted by Gasteiger charge is -2.15. The number of hydrogen-bond acceptors (Lipinski definition) is 6. The summed E-state index contributed by atoms with van der Waals surface area (Å²) in [7, 11) is 0.590. The average Bonchev–Trinajstić information content (AvgIpc) is 2.61. The second-order valence-electron chi connectivity index (χ2n) is 5.72. The van der Waals surface area contributed by atoms with Gasteiger partial charge in [0.2, 0.25) is 10.0 Å². The van der Waals surface area contributed by atoms with Crippen LogP contribution < -0.4 is 14.8 Å². The zero-order valence-corrected chi connectivity index (χ0v) is 16.2. The van der Waals surface area contributed by atoms with Crippen molar-refractivity contribution >= 4 is 27.6 Å². The SMILES string of the molecule is COc1ccc(S(=O)(=O)N(C)C)cc1NC(=O)c1ccc(OC(C)=O)cc1. The second kappa shape index (κ2) is 8.19. The zero-order chi connectivity index (χ0) is 20.2. The van der Waals surface area contributed by atoms with E-state index in [0.29, 0.717) is 17.1 Å². The molecule has 0 bridgehead atoms. The number of carbonyl (C=O) groups excluding carboxylic acids is 2. The van der Waals surface area contributed by atoms with Crippen molar-refractivity contribution in [2.75, 3.05) is 26.5 Å². The molecule has 0 aliphatic carbocycles. The lowest BCUT2D eigenvalue weighted by molar-refractivity contribution is -0.131. The molecule has 0 aliphatic rings. The Bertz CT molecular complexity index is 952. The van der Waals surface area contributed by atoms with Gasteiger partial charge in [0.1, 0.15) is 11.5 Å². The third kappa shape index (κ3) is 4.83. The number of carbonyl (C=O) groups is 2. The first-order chi connectivity index (χ1) is 12.6. The van der Waals surface area contributed by atoms with Crippen LogP contribution in [0.25, 0.3) is 0 Å². The van der Waals surface area contributed by atoms with E-state index >= 15 is 0 Å². The van der Waals surface area contributed by atoms with E-state index in [2.05, 4.69) is 5.32 Å². The highest BCUT2D eigenvalue weighted by Gasteiger charge is 2.20. The third-order valence-electron chi connectivity index (χ3n) is 3.58. The molecular formula is C18H20N2O6S. The van der Waals surface area contributed by atoms with Crippen LogP contribution in [0.3, 0.4) is 0 Å². The molecule has 2 aromatic carbocycles. The molecule has 0 radical (unpaired) electrons. The van der Waals surface area contributed by atoms with E-state index in [1.807, 2.05) is 0 Å². The number of nitrogens with zero attached hydrogens (tertiary/aromatic N) is 1. The lowest BCUT2D eigenvalue weighted by atomic mass is 10.2. The number of methoxy groups -OCH3 is 1. The maximum atomic E-state index is 12.5. The van der Waals surface area contributed by atoms with Crippen LogP contribution in [0, 0.1) is 0 Å². The van der Waals surface area contributed by atoms with Crippen molar-refractivity contribution in [2.24, 2.45) is 0 Å². The summed E-state index contributed by atoms with van der Waals surface area (Å²) in [5.74, 6) is -0.300. The van der Waals surface area contributed by atoms with Gasteiger partial charge in [-0.05, 0) is 42.5 Å². The van der Waals surface area contributed by atoms with Gasteiger partial charge >= 0.3 is 5.97 Å². The Kier molecular flexibility index (Phi) is 6.19. The molecule has 0 atom stereocenters. The van der Waals surface area contributed by atoms with Gasteiger partial charge in [-0.25, -0.2) is 12.7 Å². The van der Waals surface area contributed by atoms with E-state index in [9.17, 15) is 18.0 Å².